The Morgan fingerprint density at radius 2 is 1.92 bits per heavy atom. The summed E-state index contributed by atoms with van der Waals surface area (Å²) in [7, 11) is 3.25. The molecule has 1 heterocycles. The Kier molecular flexibility index (Phi) is 4.39. The number of anilines is 1. The molecule has 0 atom stereocenters. The highest BCUT2D eigenvalue weighted by Crippen LogP contribution is 2.25. The van der Waals surface area contributed by atoms with Crippen molar-refractivity contribution in [3.05, 3.63) is 59.7 Å². The third-order valence-electron chi connectivity index (χ3n) is 4.03. The van der Waals surface area contributed by atoms with Crippen LogP contribution < -0.4 is 26.2 Å². The number of pyridine rings is 1. The molecule has 0 radical (unpaired) electrons. The monoisotopic (exact) mass is 324 g/mol. The van der Waals surface area contributed by atoms with E-state index in [0.29, 0.717) is 12.0 Å². The number of nitrogens with zero attached hydrogens (tertiary/aromatic N) is 1. The van der Waals surface area contributed by atoms with Crippen molar-refractivity contribution in [3.63, 3.8) is 0 Å². The van der Waals surface area contributed by atoms with E-state index in [1.165, 1.54) is 0 Å². The molecule has 3 rings (SSSR count). The summed E-state index contributed by atoms with van der Waals surface area (Å²) in [6.07, 6.45) is 1.91. The van der Waals surface area contributed by atoms with Crippen molar-refractivity contribution in [1.29, 1.82) is 5.41 Å². The van der Waals surface area contributed by atoms with Crippen LogP contribution in [0.1, 0.15) is 5.56 Å². The Bertz CT molecular complexity index is 934. The van der Waals surface area contributed by atoms with Gasteiger partial charge >= 0.3 is 0 Å². The number of hydrogen-bond acceptors (Lipinski definition) is 5. The minimum absolute atomic E-state index is 0.419. The van der Waals surface area contributed by atoms with Gasteiger partial charge < -0.3 is 19.5 Å². The fourth-order valence-electron chi connectivity index (χ4n) is 2.69. The Morgan fingerprint density at radius 3 is 2.62 bits per heavy atom. The molecule has 0 fully saturated rings. The zero-order chi connectivity index (χ0) is 17.1. The van der Waals surface area contributed by atoms with Gasteiger partial charge in [0.1, 0.15) is 17.0 Å². The maximum absolute atomic E-state index is 8.50. The van der Waals surface area contributed by atoms with E-state index < -0.39 is 0 Å². The molecule has 1 aromatic heterocycles. The average Bonchev–Trinajstić information content (AvgIpc) is 2.64. The number of fused-ring (bicyclic) bond motifs is 1. The van der Waals surface area contributed by atoms with Crippen molar-refractivity contribution < 1.29 is 9.47 Å². The fourth-order valence-corrected chi connectivity index (χ4v) is 2.69. The second kappa shape index (κ2) is 6.64. The van der Waals surface area contributed by atoms with Gasteiger partial charge in [-0.05, 0) is 35.7 Å². The molecule has 6 nitrogen and oxygen atoms in total. The van der Waals surface area contributed by atoms with Gasteiger partial charge in [-0.1, -0.05) is 6.07 Å². The van der Waals surface area contributed by atoms with Crippen molar-refractivity contribution in [3.8, 4) is 11.5 Å². The van der Waals surface area contributed by atoms with E-state index in [1.807, 2.05) is 53.2 Å². The molecule has 0 spiro atoms. The largest absolute Gasteiger partial charge is 0.497 e. The van der Waals surface area contributed by atoms with Crippen LogP contribution in [-0.4, -0.2) is 18.8 Å². The summed E-state index contributed by atoms with van der Waals surface area (Å²) in [5, 5.41) is 10.3. The summed E-state index contributed by atoms with van der Waals surface area (Å²) in [6.45, 7) is 0.530. The molecule has 6 heteroatoms. The molecular weight excluding hydrogens is 304 g/mol. The standard InChI is InChI=1S/C18H20N4O2/c1-23-15-6-4-13(17(10-15)24-2)11-22-8-7-12-3-5-14(21-20)9-16(12)18(22)19/h3-10,19,21H,11,20H2,1-2H3. The second-order valence-corrected chi connectivity index (χ2v) is 5.42. The molecule has 0 aliphatic heterocycles. The summed E-state index contributed by atoms with van der Waals surface area (Å²) >= 11 is 0. The Labute approximate surface area is 139 Å². The molecule has 3 aromatic rings. The van der Waals surface area contributed by atoms with Crippen molar-refractivity contribution in [1.82, 2.24) is 4.57 Å². The summed E-state index contributed by atoms with van der Waals surface area (Å²) in [6, 6.07) is 13.4. The molecule has 0 aliphatic carbocycles. The van der Waals surface area contributed by atoms with Crippen LogP contribution >= 0.6 is 0 Å². The number of hydrazine groups is 1. The minimum Gasteiger partial charge on any atom is -0.497 e. The van der Waals surface area contributed by atoms with Gasteiger partial charge in [0, 0.05) is 28.9 Å². The molecule has 2 aromatic carbocycles. The maximum atomic E-state index is 8.50. The van der Waals surface area contributed by atoms with Crippen LogP contribution in [0.15, 0.2) is 48.7 Å². The van der Waals surface area contributed by atoms with Gasteiger partial charge in [-0.2, -0.15) is 0 Å². The van der Waals surface area contributed by atoms with Crippen molar-refractivity contribution in [2.24, 2.45) is 5.84 Å². The highest BCUT2D eigenvalue weighted by atomic mass is 16.5. The molecule has 0 bridgehead atoms. The van der Waals surface area contributed by atoms with Crippen LogP contribution in [0.3, 0.4) is 0 Å². The number of nitrogens with two attached hydrogens (primary N) is 1. The van der Waals surface area contributed by atoms with E-state index in [2.05, 4.69) is 5.43 Å². The van der Waals surface area contributed by atoms with Gasteiger partial charge in [0.15, 0.2) is 0 Å². The predicted molar refractivity (Wildman–Crippen MR) is 94.3 cm³/mol. The van der Waals surface area contributed by atoms with Crippen LogP contribution in [-0.2, 0) is 6.54 Å². The summed E-state index contributed by atoms with van der Waals surface area (Å²) in [5.74, 6) is 6.95. The SMILES string of the molecule is COc1ccc(Cn2ccc3ccc(NN)cc3c2=N)c(OC)c1. The summed E-state index contributed by atoms with van der Waals surface area (Å²) in [5.41, 5.74) is 4.79. The first-order valence-electron chi connectivity index (χ1n) is 7.51. The predicted octanol–water partition coefficient (Wildman–Crippen LogP) is 2.47. The first-order chi connectivity index (χ1) is 11.7. The van der Waals surface area contributed by atoms with E-state index in [9.17, 15) is 0 Å². The zero-order valence-electron chi connectivity index (χ0n) is 13.7. The van der Waals surface area contributed by atoms with E-state index in [0.717, 1.165) is 33.5 Å². The van der Waals surface area contributed by atoms with Crippen LogP contribution in [0.25, 0.3) is 10.8 Å². The van der Waals surface area contributed by atoms with Gasteiger partial charge in [0.25, 0.3) is 0 Å². The van der Waals surface area contributed by atoms with Crippen LogP contribution in [0.2, 0.25) is 0 Å². The second-order valence-electron chi connectivity index (χ2n) is 5.42. The van der Waals surface area contributed by atoms with Crippen LogP contribution in [0, 0.1) is 5.41 Å². The van der Waals surface area contributed by atoms with Crippen LogP contribution in [0.4, 0.5) is 5.69 Å². The van der Waals surface area contributed by atoms with Gasteiger partial charge in [0.2, 0.25) is 0 Å². The smallest absolute Gasteiger partial charge is 0.133 e. The van der Waals surface area contributed by atoms with Crippen LogP contribution in [0.5, 0.6) is 11.5 Å². The Balaban J connectivity index is 2.04. The number of aromatic nitrogens is 1. The lowest BCUT2D eigenvalue weighted by Crippen LogP contribution is -2.21. The van der Waals surface area contributed by atoms with E-state index in [1.54, 1.807) is 14.2 Å². The van der Waals surface area contributed by atoms with Crippen molar-refractivity contribution in [2.75, 3.05) is 19.6 Å². The molecule has 4 N–H and O–H groups in total. The first kappa shape index (κ1) is 15.9. The summed E-state index contributed by atoms with van der Waals surface area (Å²) in [4.78, 5) is 0. The number of rotatable bonds is 5. The van der Waals surface area contributed by atoms with Crippen molar-refractivity contribution >= 4 is 16.5 Å². The van der Waals surface area contributed by atoms with Gasteiger partial charge in [-0.15, -0.1) is 0 Å². The molecule has 0 saturated heterocycles. The molecule has 0 amide bonds. The number of ether oxygens (including phenoxy) is 2. The fraction of sp³-hybridized carbons (Fsp3) is 0.167. The van der Waals surface area contributed by atoms with E-state index >= 15 is 0 Å². The van der Waals surface area contributed by atoms with Gasteiger partial charge in [-0.3, -0.25) is 11.3 Å². The molecule has 24 heavy (non-hydrogen) atoms. The van der Waals surface area contributed by atoms with Crippen molar-refractivity contribution in [2.45, 2.75) is 6.54 Å². The quantitative estimate of drug-likeness (QED) is 0.497. The van der Waals surface area contributed by atoms with E-state index in [4.69, 9.17) is 20.7 Å². The Morgan fingerprint density at radius 1 is 1.08 bits per heavy atom. The lowest BCUT2D eigenvalue weighted by atomic mass is 10.1. The molecule has 0 unspecified atom stereocenters. The molecule has 0 aliphatic rings. The molecular formula is C18H20N4O2. The average molecular weight is 324 g/mol. The topological polar surface area (TPSA) is 85.3 Å². The Hall–Kier alpha value is -2.99. The summed E-state index contributed by atoms with van der Waals surface area (Å²) < 4.78 is 12.5. The number of nitrogens with one attached hydrogen (secondary N) is 2. The molecule has 124 valence electrons. The number of benzene rings is 2. The maximum Gasteiger partial charge on any atom is 0.133 e. The molecule has 0 saturated carbocycles. The normalized spacial score (nSPS) is 10.6. The lowest BCUT2D eigenvalue weighted by molar-refractivity contribution is 0.390. The third-order valence-corrected chi connectivity index (χ3v) is 4.03. The number of hydrogen-bond donors (Lipinski definition) is 3. The van der Waals surface area contributed by atoms with E-state index in [-0.39, 0.29) is 0 Å². The number of methoxy groups -OCH3 is 2. The lowest BCUT2D eigenvalue weighted by Gasteiger charge is -2.14. The van der Waals surface area contributed by atoms with Gasteiger partial charge in [0.05, 0.1) is 20.8 Å². The highest BCUT2D eigenvalue weighted by molar-refractivity contribution is 5.84. The highest BCUT2D eigenvalue weighted by Gasteiger charge is 2.08. The zero-order valence-corrected chi connectivity index (χ0v) is 13.7. The van der Waals surface area contributed by atoms with Gasteiger partial charge in [-0.25, -0.2) is 0 Å². The first-order valence-corrected chi connectivity index (χ1v) is 7.51. The number of nitrogen functional groups attached to an aromatic ring is 1. The minimum atomic E-state index is 0.419. The third kappa shape index (κ3) is 2.91.